The van der Waals surface area contributed by atoms with Crippen molar-refractivity contribution >= 4 is 0 Å². The fourth-order valence-corrected chi connectivity index (χ4v) is 0.645. The Bertz CT molecular complexity index is 138. The van der Waals surface area contributed by atoms with Crippen molar-refractivity contribution in [3.8, 4) is 0 Å². The lowest BCUT2D eigenvalue weighted by Gasteiger charge is -2.28. The third-order valence-electron chi connectivity index (χ3n) is 1.70. The molecule has 0 unspecified atom stereocenters. The third kappa shape index (κ3) is 3.42. The van der Waals surface area contributed by atoms with Gasteiger partial charge in [0.2, 0.25) is 0 Å². The molecule has 0 rings (SSSR count). The lowest BCUT2D eigenvalue weighted by molar-refractivity contribution is 0.0485. The fourth-order valence-electron chi connectivity index (χ4n) is 0.645. The van der Waals surface area contributed by atoms with Crippen LogP contribution >= 0.6 is 0 Å². The van der Waals surface area contributed by atoms with Crippen LogP contribution in [-0.4, -0.2) is 18.8 Å². The highest BCUT2D eigenvalue weighted by molar-refractivity contribution is 5.07. The van der Waals surface area contributed by atoms with Gasteiger partial charge in [0.25, 0.3) is 0 Å². The maximum atomic E-state index is 5.24. The molecular formula is C9H19NO. The number of rotatable bonds is 4. The van der Waals surface area contributed by atoms with Gasteiger partial charge in [0.05, 0.1) is 0 Å². The van der Waals surface area contributed by atoms with E-state index in [1.165, 1.54) is 0 Å². The van der Waals surface area contributed by atoms with Gasteiger partial charge in [-0.1, -0.05) is 6.58 Å². The zero-order valence-electron chi connectivity index (χ0n) is 8.19. The minimum atomic E-state index is -0.274. The first-order valence-electron chi connectivity index (χ1n) is 3.91. The van der Waals surface area contributed by atoms with Crippen molar-refractivity contribution in [3.63, 3.8) is 0 Å². The molecule has 0 aliphatic carbocycles. The zero-order valence-corrected chi connectivity index (χ0v) is 8.19. The molecule has 0 atom stereocenters. The Labute approximate surface area is 69.6 Å². The van der Waals surface area contributed by atoms with Gasteiger partial charge in [0.1, 0.15) is 5.60 Å². The largest absolute Gasteiger partial charge is 0.384 e. The van der Waals surface area contributed by atoms with Gasteiger partial charge in [0, 0.05) is 18.8 Å². The standard InChI is InChI=1S/C9H19NO/c1-7(2)10-8(3)9(4,5)11-6/h7,10H,3H2,1-2,4-6H3. The first-order chi connectivity index (χ1) is 4.90. The molecule has 0 aromatic carbocycles. The molecule has 0 saturated heterocycles. The third-order valence-corrected chi connectivity index (χ3v) is 1.70. The molecule has 0 heterocycles. The highest BCUT2D eigenvalue weighted by atomic mass is 16.5. The van der Waals surface area contributed by atoms with Crippen LogP contribution in [0.15, 0.2) is 12.3 Å². The van der Waals surface area contributed by atoms with Crippen LogP contribution in [0.25, 0.3) is 0 Å². The molecule has 0 saturated carbocycles. The van der Waals surface area contributed by atoms with Crippen molar-refractivity contribution in [1.29, 1.82) is 0 Å². The quantitative estimate of drug-likeness (QED) is 0.673. The van der Waals surface area contributed by atoms with Crippen LogP contribution < -0.4 is 5.32 Å². The van der Waals surface area contributed by atoms with Crippen LogP contribution in [0.1, 0.15) is 27.7 Å². The average molecular weight is 157 g/mol. The van der Waals surface area contributed by atoms with Crippen LogP contribution in [0.3, 0.4) is 0 Å². The summed E-state index contributed by atoms with van der Waals surface area (Å²) in [6.45, 7) is 12.0. The van der Waals surface area contributed by atoms with E-state index in [9.17, 15) is 0 Å². The highest BCUT2D eigenvalue weighted by Gasteiger charge is 2.20. The first-order valence-corrected chi connectivity index (χ1v) is 3.91. The van der Waals surface area contributed by atoms with Crippen molar-refractivity contribution in [2.45, 2.75) is 39.3 Å². The van der Waals surface area contributed by atoms with Gasteiger partial charge in [0.15, 0.2) is 0 Å². The molecule has 0 aromatic heterocycles. The molecule has 66 valence electrons. The predicted molar refractivity (Wildman–Crippen MR) is 48.5 cm³/mol. The van der Waals surface area contributed by atoms with Gasteiger partial charge in [-0.2, -0.15) is 0 Å². The van der Waals surface area contributed by atoms with Crippen molar-refractivity contribution in [2.24, 2.45) is 0 Å². The van der Waals surface area contributed by atoms with E-state index in [1.54, 1.807) is 7.11 Å². The Kier molecular flexibility index (Phi) is 3.59. The van der Waals surface area contributed by atoms with E-state index in [2.05, 4.69) is 25.7 Å². The summed E-state index contributed by atoms with van der Waals surface area (Å²) in [4.78, 5) is 0. The summed E-state index contributed by atoms with van der Waals surface area (Å²) < 4.78 is 5.24. The van der Waals surface area contributed by atoms with E-state index in [1.807, 2.05) is 13.8 Å². The second kappa shape index (κ2) is 3.77. The molecule has 0 spiro atoms. The van der Waals surface area contributed by atoms with E-state index in [0.29, 0.717) is 6.04 Å². The van der Waals surface area contributed by atoms with Gasteiger partial charge < -0.3 is 10.1 Å². The van der Waals surface area contributed by atoms with Crippen LogP contribution in [0.4, 0.5) is 0 Å². The SMILES string of the molecule is C=C(NC(C)C)C(C)(C)OC. The van der Waals surface area contributed by atoms with Crippen molar-refractivity contribution < 1.29 is 4.74 Å². The summed E-state index contributed by atoms with van der Waals surface area (Å²) in [5.41, 5.74) is 0.652. The Hall–Kier alpha value is -0.500. The van der Waals surface area contributed by atoms with Crippen molar-refractivity contribution in [1.82, 2.24) is 5.32 Å². The summed E-state index contributed by atoms with van der Waals surface area (Å²) in [6, 6.07) is 0.414. The summed E-state index contributed by atoms with van der Waals surface area (Å²) in [7, 11) is 1.69. The topological polar surface area (TPSA) is 21.3 Å². The molecule has 2 heteroatoms. The zero-order chi connectivity index (χ0) is 9.07. The monoisotopic (exact) mass is 157 g/mol. The van der Waals surface area contributed by atoms with Gasteiger partial charge in [-0.15, -0.1) is 0 Å². The first kappa shape index (κ1) is 10.5. The summed E-state index contributed by atoms with van der Waals surface area (Å²) in [5.74, 6) is 0. The van der Waals surface area contributed by atoms with Gasteiger partial charge in [-0.05, 0) is 27.7 Å². The van der Waals surface area contributed by atoms with E-state index < -0.39 is 0 Å². The van der Waals surface area contributed by atoms with Crippen molar-refractivity contribution in [2.75, 3.05) is 7.11 Å². The van der Waals surface area contributed by atoms with Gasteiger partial charge in [-0.25, -0.2) is 0 Å². The Morgan fingerprint density at radius 1 is 1.45 bits per heavy atom. The fraction of sp³-hybridized carbons (Fsp3) is 0.778. The highest BCUT2D eigenvalue weighted by Crippen LogP contribution is 2.15. The molecule has 0 amide bonds. The normalized spacial score (nSPS) is 11.8. The minimum Gasteiger partial charge on any atom is -0.384 e. The number of hydrogen-bond acceptors (Lipinski definition) is 2. The molecule has 11 heavy (non-hydrogen) atoms. The molecule has 0 fully saturated rings. The predicted octanol–water partition coefficient (Wildman–Crippen LogP) is 1.92. The van der Waals surface area contributed by atoms with Crippen LogP contribution in [-0.2, 0) is 4.74 Å². The Morgan fingerprint density at radius 3 is 2.18 bits per heavy atom. The van der Waals surface area contributed by atoms with E-state index in [0.717, 1.165) is 5.70 Å². The van der Waals surface area contributed by atoms with Gasteiger partial charge >= 0.3 is 0 Å². The summed E-state index contributed by atoms with van der Waals surface area (Å²) in [5, 5.41) is 3.21. The summed E-state index contributed by atoms with van der Waals surface area (Å²) in [6.07, 6.45) is 0. The molecule has 0 aromatic rings. The van der Waals surface area contributed by atoms with Crippen molar-refractivity contribution in [3.05, 3.63) is 12.3 Å². The van der Waals surface area contributed by atoms with E-state index >= 15 is 0 Å². The Balaban J connectivity index is 4.02. The number of hydrogen-bond donors (Lipinski definition) is 1. The van der Waals surface area contributed by atoms with E-state index in [-0.39, 0.29) is 5.60 Å². The average Bonchev–Trinajstić information content (AvgIpc) is 1.86. The number of nitrogens with one attached hydrogen (secondary N) is 1. The van der Waals surface area contributed by atoms with Crippen LogP contribution in [0, 0.1) is 0 Å². The maximum Gasteiger partial charge on any atom is 0.101 e. The maximum absolute atomic E-state index is 5.24. The second-order valence-corrected chi connectivity index (χ2v) is 3.49. The molecule has 0 aliphatic heterocycles. The smallest absolute Gasteiger partial charge is 0.101 e. The molecule has 0 radical (unpaired) electrons. The van der Waals surface area contributed by atoms with Crippen LogP contribution in [0.5, 0.6) is 0 Å². The Morgan fingerprint density at radius 2 is 1.91 bits per heavy atom. The lowest BCUT2D eigenvalue weighted by Crippen LogP contribution is -2.36. The van der Waals surface area contributed by atoms with E-state index in [4.69, 9.17) is 4.74 Å². The molecule has 1 N–H and O–H groups in total. The van der Waals surface area contributed by atoms with Gasteiger partial charge in [-0.3, -0.25) is 0 Å². The molecule has 0 aliphatic rings. The second-order valence-electron chi connectivity index (χ2n) is 3.49. The molecule has 0 bridgehead atoms. The minimum absolute atomic E-state index is 0.274. The molecule has 2 nitrogen and oxygen atoms in total. The number of ether oxygens (including phenoxy) is 1. The molecular weight excluding hydrogens is 138 g/mol. The lowest BCUT2D eigenvalue weighted by atomic mass is 10.1. The van der Waals surface area contributed by atoms with Crippen LogP contribution in [0.2, 0.25) is 0 Å². The summed E-state index contributed by atoms with van der Waals surface area (Å²) >= 11 is 0. The number of methoxy groups -OCH3 is 1.